The Labute approximate surface area is 635 Å². The summed E-state index contributed by atoms with van der Waals surface area (Å²) in [6, 6.07) is 87.3. The van der Waals surface area contributed by atoms with Crippen molar-refractivity contribution in [3.05, 3.63) is 295 Å². The van der Waals surface area contributed by atoms with Crippen LogP contribution in [0.2, 0.25) is 0 Å². The van der Waals surface area contributed by atoms with Gasteiger partial charge in [-0.15, -0.1) is 5.10 Å². The van der Waals surface area contributed by atoms with Crippen molar-refractivity contribution in [2.75, 3.05) is 0 Å². The predicted molar refractivity (Wildman–Crippen MR) is 428 cm³/mol. The van der Waals surface area contributed by atoms with Gasteiger partial charge >= 0.3 is 54.2 Å². The molecule has 0 spiro atoms. The fourth-order valence-corrected chi connectivity index (χ4v) is 14.2. The van der Waals surface area contributed by atoms with E-state index < -0.39 is 40.3 Å². The summed E-state index contributed by atoms with van der Waals surface area (Å²) in [4.78, 5) is 27.6. The third kappa shape index (κ3) is 32.9. The molecular weight excluding hydrogens is 1530 g/mol. The van der Waals surface area contributed by atoms with Crippen LogP contribution in [0.3, 0.4) is 0 Å². The Morgan fingerprint density at radius 1 is 0.485 bits per heavy atom. The van der Waals surface area contributed by atoms with Crippen molar-refractivity contribution < 1.29 is 45.1 Å². The number of ether oxygens (including phenoxy) is 2. The molecular formula is C79H93BBrCl2N11O6P2Pd. The first-order chi connectivity index (χ1) is 48.5. The molecule has 0 radical (unpaired) electrons. The zero-order valence-electron chi connectivity index (χ0n) is 57.9. The minimum atomic E-state index is -1.45. The van der Waals surface area contributed by atoms with Crippen LogP contribution in [0.15, 0.2) is 278 Å². The quantitative estimate of drug-likeness (QED) is 0.0426. The van der Waals surface area contributed by atoms with Crippen LogP contribution in [0.1, 0.15) is 79.5 Å². The molecule has 24 heteroatoms. The van der Waals surface area contributed by atoms with Gasteiger partial charge in [0.05, 0.1) is 18.6 Å². The Bertz CT molecular complexity index is 3950. The van der Waals surface area contributed by atoms with Crippen LogP contribution in [0, 0.1) is 0 Å². The molecule has 0 saturated carbocycles. The molecule has 0 aliphatic rings. The summed E-state index contributed by atoms with van der Waals surface area (Å²) in [6.45, 7) is 12.0. The molecule has 0 unspecified atom stereocenters. The van der Waals surface area contributed by atoms with Gasteiger partial charge in [0.1, 0.15) is 27.2 Å². The summed E-state index contributed by atoms with van der Waals surface area (Å²) >= 11 is 3.03. The zero-order valence-corrected chi connectivity index (χ0v) is 64.3. The van der Waals surface area contributed by atoms with Gasteiger partial charge in [-0.05, 0) is 134 Å². The molecule has 0 atom stereocenters. The van der Waals surface area contributed by atoms with Crippen molar-refractivity contribution >= 4 is 107 Å². The maximum Gasteiger partial charge on any atom is -0.0134 e. The summed E-state index contributed by atoms with van der Waals surface area (Å²) in [5.74, 6) is -0.228. The van der Waals surface area contributed by atoms with Crippen LogP contribution in [0.5, 0.6) is 0 Å². The molecule has 0 fully saturated rings. The van der Waals surface area contributed by atoms with Crippen molar-refractivity contribution in [1.29, 1.82) is 0 Å². The molecule has 17 nitrogen and oxygen atoms in total. The number of hydrogen-bond donors (Lipinski definition) is 4. The first-order valence-electron chi connectivity index (χ1n) is 32.0. The number of nitrogens with two attached hydrogens (primary N) is 1. The second-order valence-corrected chi connectivity index (χ2v) is 31.6. The van der Waals surface area contributed by atoms with E-state index in [1.54, 1.807) is 68.8 Å². The Kier molecular flexibility index (Phi) is 39.2. The summed E-state index contributed by atoms with van der Waals surface area (Å²) in [5, 5.41) is 53.1. The number of benzene rings is 9. The number of alkyl carbamates (subject to hydrolysis) is 1. The molecule has 5 N–H and O–H groups in total. The predicted octanol–water partition coefficient (Wildman–Crippen LogP) is 14.2. The third-order valence-electron chi connectivity index (χ3n) is 13.7. The van der Waals surface area contributed by atoms with Gasteiger partial charge in [-0.2, -0.15) is 39.9 Å². The normalized spacial score (nSPS) is 10.4. The van der Waals surface area contributed by atoms with Crippen molar-refractivity contribution in [3.8, 4) is 22.5 Å². The molecule has 0 aliphatic carbocycles. The third-order valence-corrected chi connectivity index (χ3v) is 19.0. The van der Waals surface area contributed by atoms with E-state index in [0.29, 0.717) is 31.4 Å². The molecule has 544 valence electrons. The molecule has 0 saturated heterocycles. The monoisotopic (exact) mass is 1620 g/mol. The number of aromatic nitrogens is 9. The number of nitrogens with one attached hydrogen (secondary N) is 1. The summed E-state index contributed by atoms with van der Waals surface area (Å²) in [7, 11) is 12.6. The summed E-state index contributed by atoms with van der Waals surface area (Å²) < 4.78 is 11.2. The van der Waals surface area contributed by atoms with Crippen LogP contribution in [0.4, 0.5) is 4.79 Å². The smallest absolute Gasteiger partial charge is 0.0134 e. The topological polar surface area (TPSA) is 223 Å². The van der Waals surface area contributed by atoms with Gasteiger partial charge in [0.2, 0.25) is 0 Å². The van der Waals surface area contributed by atoms with Crippen molar-refractivity contribution in [2.45, 2.75) is 93.5 Å². The second kappa shape index (κ2) is 46.4. The molecule has 3 aromatic heterocycles. The molecule has 103 heavy (non-hydrogen) atoms. The van der Waals surface area contributed by atoms with Crippen molar-refractivity contribution in [1.82, 2.24) is 50.3 Å². The molecule has 9 aromatic carbocycles. The van der Waals surface area contributed by atoms with E-state index in [-0.39, 0.29) is 36.8 Å². The first kappa shape index (κ1) is 87.1. The molecule has 1 amide bonds. The Balaban J connectivity index is 0.000000263. The van der Waals surface area contributed by atoms with E-state index in [9.17, 15) is 9.59 Å². The Morgan fingerprint density at radius 2 is 0.796 bits per heavy atom. The fraction of sp³-hybridized carbons (Fsp3) is 0.215. The fourth-order valence-electron chi connectivity index (χ4n) is 9.22. The average Bonchev–Trinajstić information content (AvgIpc) is 1.03. The number of carbonyl (C=O) groups excluding carboxylic acids is 2. The van der Waals surface area contributed by atoms with Gasteiger partial charge in [0, 0.05) is 51.8 Å². The number of carbonyl (C=O) groups is 2. The van der Waals surface area contributed by atoms with E-state index >= 15 is 0 Å². The van der Waals surface area contributed by atoms with Crippen LogP contribution in [-0.4, -0.2) is 85.4 Å². The average molecular weight is 1620 g/mol. The van der Waals surface area contributed by atoms with Gasteiger partial charge in [-0.1, -0.05) is 270 Å². The van der Waals surface area contributed by atoms with E-state index in [2.05, 4.69) is 234 Å². The van der Waals surface area contributed by atoms with E-state index in [4.69, 9.17) is 44.3 Å². The number of aryl methyl sites for hydroxylation is 4. The van der Waals surface area contributed by atoms with E-state index in [0.717, 1.165) is 43.8 Å². The van der Waals surface area contributed by atoms with Crippen LogP contribution in [-0.2, 0) is 70.9 Å². The molecule has 0 bridgehead atoms. The summed E-state index contributed by atoms with van der Waals surface area (Å²) in [6.07, 6.45) is 5.58. The molecule has 3 heterocycles. The standard InChI is InChI=1S/2C18H15P.C15H20N4O2.C13H19BO4.C10H12N4.C3H4BrN3.2CH4.2ClH.Pd/c2*1-4-10-16(11-5-1)19(17-12-6-2-7-13-17)18-14-8-3-9-15-18;1-15(2,3)21-14(20)16-9-11-5-7-12(8-6-11)13-10-17-19(4)18-13;1-13(2,3)18-12(15)9-6-10-4-7-11(8-5-10)14(16)17;1-14-12-7-10(13-14)9-4-2-8(6-11)3-5-9;1-7-5-2-3(4)6-7;;;;;/h2*1-15H;5-8,10H,9H2,1-4H3,(H,16,20);4-5,7-8,16-17H,6,9H2,1-3H3;2-5,7H,6,11H2,1H3;2H,1H3;2*1H4;2*1H;/q;;;;;;;;;;+2/p-2. The van der Waals surface area contributed by atoms with Gasteiger partial charge in [0.25, 0.3) is 0 Å². The number of amides is 1. The number of esters is 1. The minimum Gasteiger partial charge on any atom is -0.0622 e. The number of halogens is 3. The maximum absolute atomic E-state index is 11.6. The SMILES string of the molecule is C.C.CC(C)(C)OC(=O)CCc1ccc(B(O)O)cc1.Cn1ncc(-c2ccc(CN)cc2)n1.Cn1ncc(-c2ccc(CNC(=O)OC(C)(C)C)cc2)n1.Cn1ncc(Br)n1.[Cl][Pd][Cl].c1ccc(P(c2ccccc2)c2ccccc2)cc1.c1ccc(P(c2ccccc2)c2ccccc2)cc1. The second-order valence-electron chi connectivity index (χ2n) is 24.0. The molecule has 12 aromatic rings. The van der Waals surface area contributed by atoms with Crippen LogP contribution >= 0.6 is 50.8 Å². The number of hydrogen-bond acceptors (Lipinski definition) is 13. The van der Waals surface area contributed by atoms with Crippen LogP contribution in [0.25, 0.3) is 22.5 Å². The Morgan fingerprint density at radius 3 is 1.06 bits per heavy atom. The molecule has 0 aliphatic heterocycles. The largest absolute Gasteiger partial charge is 0.0622 e. The number of rotatable bonds is 15. The number of nitrogens with zero attached hydrogens (tertiary/aromatic N) is 9. The summed E-state index contributed by atoms with van der Waals surface area (Å²) in [5.41, 5.74) is 11.9. The zero-order chi connectivity index (χ0) is 73.0. The van der Waals surface area contributed by atoms with E-state index in [1.165, 1.54) is 41.4 Å². The van der Waals surface area contributed by atoms with E-state index in [1.807, 2.05) is 90.1 Å². The van der Waals surface area contributed by atoms with Gasteiger partial charge < -0.3 is 30.6 Å². The van der Waals surface area contributed by atoms with Gasteiger partial charge in [0.15, 0.2) is 0 Å². The van der Waals surface area contributed by atoms with Crippen molar-refractivity contribution in [2.24, 2.45) is 26.9 Å². The maximum atomic E-state index is 11.6. The van der Waals surface area contributed by atoms with Gasteiger partial charge in [-0.25, -0.2) is 4.79 Å². The van der Waals surface area contributed by atoms with Gasteiger partial charge in [-0.3, -0.25) is 4.79 Å². The molecule has 12 rings (SSSR count). The van der Waals surface area contributed by atoms with Crippen LogP contribution < -0.4 is 48.3 Å². The van der Waals surface area contributed by atoms with Crippen molar-refractivity contribution in [3.63, 3.8) is 0 Å². The first-order valence-corrected chi connectivity index (χ1v) is 39.5. The minimum absolute atomic E-state index is 0. The Hall–Kier alpha value is -8.33.